The van der Waals surface area contributed by atoms with Crippen molar-refractivity contribution in [1.82, 2.24) is 0 Å². The molecule has 0 saturated carbocycles. The molecule has 0 fully saturated rings. The third kappa shape index (κ3) is 21.8. The monoisotopic (exact) mass is 585 g/mol. The lowest BCUT2D eigenvalue weighted by Crippen LogP contribution is -3.00. The van der Waals surface area contributed by atoms with Crippen molar-refractivity contribution in [1.29, 1.82) is 0 Å². The second-order valence-electron chi connectivity index (χ2n) is 7.70. The lowest BCUT2D eigenvalue weighted by molar-refractivity contribution is -0.904. The van der Waals surface area contributed by atoms with Gasteiger partial charge in [-0.25, -0.2) is 0 Å². The molecule has 0 aliphatic carbocycles. The number of hydrogen-bond donors (Lipinski definition) is 0. The predicted molar refractivity (Wildman–Crippen MR) is 113 cm³/mol. The van der Waals surface area contributed by atoms with Crippen LogP contribution in [0.15, 0.2) is 0 Å². The summed E-state index contributed by atoms with van der Waals surface area (Å²) in [5.74, 6) is 0. The summed E-state index contributed by atoms with van der Waals surface area (Å²) in [7, 11) is 6.88. The topological polar surface area (TPSA) is 0 Å². The lowest BCUT2D eigenvalue weighted by Gasteiger charge is -2.30. The highest BCUT2D eigenvalue weighted by Gasteiger charge is 2.12. The molecule has 0 aromatic rings. The van der Waals surface area contributed by atoms with Crippen molar-refractivity contribution < 1.29 is 64.4 Å². The summed E-state index contributed by atoms with van der Waals surface area (Å²) in [6.07, 6.45) is 0. The highest BCUT2D eigenvalue weighted by atomic mass is 79.9. The molecule has 0 radical (unpaired) electrons. The van der Waals surface area contributed by atoms with E-state index in [9.17, 15) is 0 Å². The molecule has 174 valence electrons. The van der Waals surface area contributed by atoms with Crippen molar-refractivity contribution in [3.8, 4) is 0 Å². The molecule has 6 heteroatoms. The van der Waals surface area contributed by atoms with Gasteiger partial charge in [0.25, 0.3) is 0 Å². The maximum absolute atomic E-state index is 2.29. The van der Waals surface area contributed by atoms with Crippen LogP contribution in [0.4, 0.5) is 0 Å². The van der Waals surface area contributed by atoms with Gasteiger partial charge < -0.3 is 64.4 Å². The second kappa shape index (κ2) is 23.6. The van der Waals surface area contributed by atoms with Crippen LogP contribution in [0.25, 0.3) is 0 Å². The molecule has 0 aromatic carbocycles. The number of rotatable bonds is 9. The largest absolute Gasteiger partial charge is 1.00 e. The normalized spacial score (nSPS) is 10.7. The minimum Gasteiger partial charge on any atom is -1.00 e. The van der Waals surface area contributed by atoms with Gasteiger partial charge in [-0.15, -0.1) is 0 Å². The summed E-state index contributed by atoms with van der Waals surface area (Å²) in [4.78, 5) is 0. The molecule has 0 heterocycles. The zero-order chi connectivity index (χ0) is 19.9. The van der Waals surface area contributed by atoms with Gasteiger partial charge in [-0.1, -0.05) is 0 Å². The molecular weight excluding hydrogens is 534 g/mol. The average molecular weight is 588 g/mol. The van der Waals surface area contributed by atoms with Crippen LogP contribution in [-0.2, 0) is 0 Å². The van der Waals surface area contributed by atoms with Crippen molar-refractivity contribution in [3.05, 3.63) is 0 Å². The van der Waals surface area contributed by atoms with Gasteiger partial charge in [-0.2, -0.15) is 0 Å². The molecular formula is C21H54Br3N3. The zero-order valence-corrected chi connectivity index (χ0v) is 25.6. The van der Waals surface area contributed by atoms with Gasteiger partial charge in [0.05, 0.1) is 80.0 Å². The van der Waals surface area contributed by atoms with Crippen LogP contribution in [0.3, 0.4) is 0 Å². The smallest absolute Gasteiger partial charge is 0.0755 e. The van der Waals surface area contributed by atoms with E-state index in [1.165, 1.54) is 72.4 Å². The molecule has 0 atom stereocenters. The number of hydrogen-bond acceptors (Lipinski definition) is 0. The predicted octanol–water partition coefficient (Wildman–Crippen LogP) is -4.51. The first kappa shape index (κ1) is 42.4. The first-order chi connectivity index (χ1) is 11.0. The van der Waals surface area contributed by atoms with E-state index in [0.717, 1.165) is 0 Å². The molecule has 27 heavy (non-hydrogen) atoms. The fraction of sp³-hybridized carbons (Fsp3) is 1.00. The standard InChI is InChI=1S/3C7H18N.3BrH/c3*1-5-8(4,6-2)7-3;;;/h3*5-7H2,1-4H3;3*1H/q3*+1;;;/p-3. The molecule has 0 N–H and O–H groups in total. The van der Waals surface area contributed by atoms with Crippen molar-refractivity contribution in [2.24, 2.45) is 0 Å². The SMILES string of the molecule is CC[N+](C)(CC)CC.CC[N+](C)(CC)CC.CC[N+](C)(CC)CC.[Br-].[Br-].[Br-]. The molecule has 0 aromatic heterocycles. The van der Waals surface area contributed by atoms with Gasteiger partial charge in [0, 0.05) is 0 Å². The lowest BCUT2D eigenvalue weighted by atomic mass is 10.4. The van der Waals surface area contributed by atoms with Crippen LogP contribution in [0.5, 0.6) is 0 Å². The minimum atomic E-state index is 0. The number of nitrogens with zero attached hydrogens (tertiary/aromatic N) is 3. The van der Waals surface area contributed by atoms with Crippen LogP contribution >= 0.6 is 0 Å². The molecule has 0 aliphatic heterocycles. The van der Waals surface area contributed by atoms with Crippen molar-refractivity contribution >= 4 is 0 Å². The van der Waals surface area contributed by atoms with Gasteiger partial charge in [0.1, 0.15) is 0 Å². The Morgan fingerprint density at radius 3 is 0.370 bits per heavy atom. The molecule has 0 rings (SSSR count). The van der Waals surface area contributed by atoms with Crippen LogP contribution < -0.4 is 50.9 Å². The van der Waals surface area contributed by atoms with E-state index in [2.05, 4.69) is 83.5 Å². The highest BCUT2D eigenvalue weighted by molar-refractivity contribution is 4.26. The zero-order valence-electron chi connectivity index (χ0n) is 20.8. The fourth-order valence-electron chi connectivity index (χ4n) is 2.01. The summed E-state index contributed by atoms with van der Waals surface area (Å²) < 4.78 is 3.63. The molecule has 0 amide bonds. The Kier molecular flexibility index (Phi) is 37.1. The molecule has 0 saturated heterocycles. The van der Waals surface area contributed by atoms with Gasteiger partial charge in [-0.3, -0.25) is 0 Å². The maximum Gasteiger partial charge on any atom is 0.0755 e. The van der Waals surface area contributed by atoms with E-state index in [4.69, 9.17) is 0 Å². The van der Waals surface area contributed by atoms with Crippen LogP contribution in [-0.4, -0.2) is 93.5 Å². The van der Waals surface area contributed by atoms with E-state index in [1.54, 1.807) is 0 Å². The molecule has 0 unspecified atom stereocenters. The van der Waals surface area contributed by atoms with Crippen LogP contribution in [0.1, 0.15) is 62.3 Å². The summed E-state index contributed by atoms with van der Waals surface area (Å²) in [6, 6.07) is 0. The second-order valence-corrected chi connectivity index (χ2v) is 7.70. The molecule has 3 nitrogen and oxygen atoms in total. The summed E-state index contributed by atoms with van der Waals surface area (Å²) in [5.41, 5.74) is 0. The van der Waals surface area contributed by atoms with Crippen LogP contribution in [0, 0.1) is 0 Å². The first-order valence-corrected chi connectivity index (χ1v) is 10.6. The number of quaternary nitrogens is 3. The van der Waals surface area contributed by atoms with E-state index in [0.29, 0.717) is 0 Å². The molecule has 0 aliphatic rings. The Bertz CT molecular complexity index is 198. The summed E-state index contributed by atoms with van der Waals surface area (Å²) >= 11 is 0. The summed E-state index contributed by atoms with van der Waals surface area (Å²) in [5, 5.41) is 0. The van der Waals surface area contributed by atoms with Crippen molar-refractivity contribution in [2.45, 2.75) is 62.3 Å². The van der Waals surface area contributed by atoms with Gasteiger partial charge >= 0.3 is 0 Å². The van der Waals surface area contributed by atoms with E-state index in [-0.39, 0.29) is 50.9 Å². The van der Waals surface area contributed by atoms with E-state index in [1.807, 2.05) is 0 Å². The summed E-state index contributed by atoms with van der Waals surface area (Å²) in [6.45, 7) is 31.5. The van der Waals surface area contributed by atoms with Gasteiger partial charge in [-0.05, 0) is 62.3 Å². The quantitative estimate of drug-likeness (QED) is 0.239. The van der Waals surface area contributed by atoms with E-state index < -0.39 is 0 Å². The molecule has 0 spiro atoms. The minimum absolute atomic E-state index is 0. The Morgan fingerprint density at radius 2 is 0.370 bits per heavy atom. The Labute approximate surface area is 205 Å². The Hall–Kier alpha value is 1.32. The van der Waals surface area contributed by atoms with Gasteiger partial charge in [0.2, 0.25) is 0 Å². The molecule has 0 bridgehead atoms. The fourth-order valence-corrected chi connectivity index (χ4v) is 2.01. The Balaban J connectivity index is -0.0000000580. The number of halogens is 3. The van der Waals surface area contributed by atoms with E-state index >= 15 is 0 Å². The third-order valence-corrected chi connectivity index (χ3v) is 6.87. The first-order valence-electron chi connectivity index (χ1n) is 10.6. The maximum atomic E-state index is 2.29. The van der Waals surface area contributed by atoms with Crippen molar-refractivity contribution in [2.75, 3.05) is 80.0 Å². The highest BCUT2D eigenvalue weighted by Crippen LogP contribution is 1.99. The van der Waals surface area contributed by atoms with Crippen molar-refractivity contribution in [3.63, 3.8) is 0 Å². The Morgan fingerprint density at radius 1 is 0.296 bits per heavy atom. The van der Waals surface area contributed by atoms with Crippen LogP contribution in [0.2, 0.25) is 0 Å². The van der Waals surface area contributed by atoms with Gasteiger partial charge in [0.15, 0.2) is 0 Å². The third-order valence-electron chi connectivity index (χ3n) is 6.87. The average Bonchev–Trinajstić information content (AvgIpc) is 2.67.